The summed E-state index contributed by atoms with van der Waals surface area (Å²) in [6.07, 6.45) is 1.48. The minimum absolute atomic E-state index is 0.196. The van der Waals surface area contributed by atoms with Gasteiger partial charge in [0, 0.05) is 11.8 Å². The molecule has 1 saturated heterocycles. The van der Waals surface area contributed by atoms with Gasteiger partial charge in [0.05, 0.1) is 6.61 Å². The molecule has 0 unspecified atom stereocenters. The Kier molecular flexibility index (Phi) is 5.31. The summed E-state index contributed by atoms with van der Waals surface area (Å²) in [6.45, 7) is 9.44. The first-order chi connectivity index (χ1) is 9.24. The molecule has 0 aromatic carbocycles. The average Bonchev–Trinajstić information content (AvgIpc) is 2.61. The van der Waals surface area contributed by atoms with Crippen molar-refractivity contribution in [1.29, 1.82) is 0 Å². The topological polar surface area (TPSA) is 63.7 Å². The molecule has 0 saturated carbocycles. The van der Waals surface area contributed by atoms with Crippen LogP contribution in [-0.4, -0.2) is 35.3 Å². The average molecular weight is 283 g/mol. The maximum Gasteiger partial charge on any atom is 0.329 e. The molecular weight excluding hydrogens is 258 g/mol. The van der Waals surface area contributed by atoms with Crippen molar-refractivity contribution in [3.8, 4) is 0 Å². The molecule has 1 fully saturated rings. The van der Waals surface area contributed by atoms with Crippen LogP contribution in [0.4, 0.5) is 0 Å². The Morgan fingerprint density at radius 3 is 2.50 bits per heavy atom. The molecule has 0 spiro atoms. The van der Waals surface area contributed by atoms with Crippen LogP contribution in [0, 0.1) is 11.3 Å². The van der Waals surface area contributed by atoms with Crippen molar-refractivity contribution in [3.63, 3.8) is 0 Å². The molecule has 2 atom stereocenters. The molecule has 1 rings (SSSR count). The molecule has 20 heavy (non-hydrogen) atoms. The molecule has 114 valence electrons. The first kappa shape index (κ1) is 16.7. The van der Waals surface area contributed by atoms with E-state index in [1.807, 2.05) is 13.8 Å². The van der Waals surface area contributed by atoms with Gasteiger partial charge in [-0.25, -0.2) is 4.79 Å². The molecule has 0 bridgehead atoms. The standard InChI is InChI=1S/C15H25NO4/c1-6-10(3)8-12(17)16-11(13(18)20-7-2)9-15(4,5)14(16)19/h10-11H,6-9H2,1-5H3/t10-,11+/m1/s1. The Bertz CT molecular complexity index is 403. The Morgan fingerprint density at radius 1 is 1.40 bits per heavy atom. The van der Waals surface area contributed by atoms with E-state index in [0.29, 0.717) is 6.42 Å². The number of esters is 1. The summed E-state index contributed by atoms with van der Waals surface area (Å²) in [5, 5.41) is 0. The van der Waals surface area contributed by atoms with Crippen LogP contribution in [0.2, 0.25) is 0 Å². The smallest absolute Gasteiger partial charge is 0.329 e. The minimum atomic E-state index is -0.769. The second kappa shape index (κ2) is 6.37. The van der Waals surface area contributed by atoms with Crippen molar-refractivity contribution >= 4 is 17.8 Å². The minimum Gasteiger partial charge on any atom is -0.464 e. The van der Waals surface area contributed by atoms with Crippen LogP contribution in [0.5, 0.6) is 0 Å². The predicted octanol–water partition coefficient (Wildman–Crippen LogP) is 2.14. The molecule has 5 heteroatoms. The van der Waals surface area contributed by atoms with E-state index in [0.717, 1.165) is 11.3 Å². The molecule has 0 N–H and O–H groups in total. The van der Waals surface area contributed by atoms with E-state index < -0.39 is 17.4 Å². The fourth-order valence-corrected chi connectivity index (χ4v) is 2.38. The highest BCUT2D eigenvalue weighted by Gasteiger charge is 2.51. The summed E-state index contributed by atoms with van der Waals surface area (Å²) in [4.78, 5) is 37.8. The molecule has 5 nitrogen and oxygen atoms in total. The summed E-state index contributed by atoms with van der Waals surface area (Å²) in [5.41, 5.74) is -0.692. The van der Waals surface area contributed by atoms with Gasteiger partial charge in [-0.2, -0.15) is 0 Å². The van der Waals surface area contributed by atoms with Crippen molar-refractivity contribution in [1.82, 2.24) is 4.90 Å². The lowest BCUT2D eigenvalue weighted by Crippen LogP contribution is -2.45. The van der Waals surface area contributed by atoms with Crippen molar-refractivity contribution < 1.29 is 19.1 Å². The molecule has 2 amide bonds. The summed E-state index contributed by atoms with van der Waals surface area (Å²) in [5.74, 6) is -0.831. The highest BCUT2D eigenvalue weighted by molar-refractivity contribution is 6.04. The molecule has 0 radical (unpaired) electrons. The third kappa shape index (κ3) is 3.38. The lowest BCUT2D eigenvalue weighted by atomic mass is 9.90. The Labute approximate surface area is 120 Å². The van der Waals surface area contributed by atoms with Gasteiger partial charge in [0.1, 0.15) is 6.04 Å². The Morgan fingerprint density at radius 2 is 2.00 bits per heavy atom. The van der Waals surface area contributed by atoms with Gasteiger partial charge in [0.2, 0.25) is 11.8 Å². The van der Waals surface area contributed by atoms with Crippen molar-refractivity contribution in [2.24, 2.45) is 11.3 Å². The maximum atomic E-state index is 12.4. The van der Waals surface area contributed by atoms with Crippen LogP contribution in [0.25, 0.3) is 0 Å². The predicted molar refractivity (Wildman–Crippen MR) is 74.7 cm³/mol. The lowest BCUT2D eigenvalue weighted by Gasteiger charge is -2.23. The van der Waals surface area contributed by atoms with Crippen LogP contribution < -0.4 is 0 Å². The molecule has 1 aliphatic rings. The van der Waals surface area contributed by atoms with Gasteiger partial charge in [0.25, 0.3) is 0 Å². The molecular formula is C15H25NO4. The second-order valence-corrected chi connectivity index (χ2v) is 6.14. The van der Waals surface area contributed by atoms with Crippen LogP contribution in [-0.2, 0) is 19.1 Å². The first-order valence-electron chi connectivity index (χ1n) is 7.27. The lowest BCUT2D eigenvalue weighted by molar-refractivity contribution is -0.158. The zero-order valence-electron chi connectivity index (χ0n) is 13.1. The highest BCUT2D eigenvalue weighted by atomic mass is 16.5. The number of nitrogens with zero attached hydrogens (tertiary/aromatic N) is 1. The van der Waals surface area contributed by atoms with E-state index in [1.165, 1.54) is 0 Å². The summed E-state index contributed by atoms with van der Waals surface area (Å²) >= 11 is 0. The Hall–Kier alpha value is -1.39. The van der Waals surface area contributed by atoms with E-state index in [1.54, 1.807) is 20.8 Å². The third-order valence-corrected chi connectivity index (χ3v) is 3.86. The largest absolute Gasteiger partial charge is 0.464 e. The van der Waals surface area contributed by atoms with Gasteiger partial charge >= 0.3 is 5.97 Å². The number of likely N-dealkylation sites (tertiary alicyclic amines) is 1. The van der Waals surface area contributed by atoms with E-state index in [2.05, 4.69) is 0 Å². The van der Waals surface area contributed by atoms with Crippen molar-refractivity contribution in [3.05, 3.63) is 0 Å². The van der Waals surface area contributed by atoms with Crippen molar-refractivity contribution in [2.75, 3.05) is 6.61 Å². The van der Waals surface area contributed by atoms with Gasteiger partial charge in [-0.1, -0.05) is 34.1 Å². The monoisotopic (exact) mass is 283 g/mol. The summed E-state index contributed by atoms with van der Waals surface area (Å²) in [6, 6.07) is -0.769. The number of rotatable bonds is 5. The number of hydrogen-bond donors (Lipinski definition) is 0. The van der Waals surface area contributed by atoms with Crippen LogP contribution in [0.1, 0.15) is 53.9 Å². The van der Waals surface area contributed by atoms with Crippen LogP contribution in [0.3, 0.4) is 0 Å². The SMILES string of the molecule is CCOC(=O)[C@@H]1CC(C)(C)C(=O)N1C(=O)C[C@H](C)CC. The first-order valence-corrected chi connectivity index (χ1v) is 7.27. The fraction of sp³-hybridized carbons (Fsp3) is 0.800. The zero-order chi connectivity index (χ0) is 15.5. The Balaban J connectivity index is 2.95. The summed E-state index contributed by atoms with van der Waals surface area (Å²) in [7, 11) is 0. The molecule has 0 aromatic rings. The van der Waals surface area contributed by atoms with E-state index in [4.69, 9.17) is 4.74 Å². The zero-order valence-corrected chi connectivity index (χ0v) is 13.1. The molecule has 1 heterocycles. The van der Waals surface area contributed by atoms with Crippen molar-refractivity contribution in [2.45, 2.75) is 59.9 Å². The van der Waals surface area contributed by atoms with E-state index in [-0.39, 0.29) is 30.8 Å². The van der Waals surface area contributed by atoms with Gasteiger partial charge in [-0.15, -0.1) is 0 Å². The quantitative estimate of drug-likeness (QED) is 0.725. The van der Waals surface area contributed by atoms with Crippen LogP contribution in [0.15, 0.2) is 0 Å². The summed E-state index contributed by atoms with van der Waals surface area (Å²) < 4.78 is 4.99. The fourth-order valence-electron chi connectivity index (χ4n) is 2.38. The molecule has 0 aliphatic carbocycles. The van der Waals surface area contributed by atoms with Gasteiger partial charge in [0.15, 0.2) is 0 Å². The number of ether oxygens (including phenoxy) is 1. The number of imide groups is 1. The normalized spacial score (nSPS) is 22.8. The second-order valence-electron chi connectivity index (χ2n) is 6.14. The number of amides is 2. The number of carbonyl (C=O) groups excluding carboxylic acids is 3. The number of carbonyl (C=O) groups is 3. The number of hydrogen-bond acceptors (Lipinski definition) is 4. The van der Waals surface area contributed by atoms with Gasteiger partial charge in [-0.05, 0) is 19.3 Å². The maximum absolute atomic E-state index is 12.4. The highest BCUT2D eigenvalue weighted by Crippen LogP contribution is 2.36. The van der Waals surface area contributed by atoms with E-state index >= 15 is 0 Å². The molecule has 0 aromatic heterocycles. The molecule has 1 aliphatic heterocycles. The van der Waals surface area contributed by atoms with Gasteiger partial charge < -0.3 is 4.74 Å². The third-order valence-electron chi connectivity index (χ3n) is 3.86. The van der Waals surface area contributed by atoms with Gasteiger partial charge in [-0.3, -0.25) is 14.5 Å². The van der Waals surface area contributed by atoms with Crippen LogP contribution >= 0.6 is 0 Å². The van der Waals surface area contributed by atoms with E-state index in [9.17, 15) is 14.4 Å².